The number of hydrogen-bond donors (Lipinski definition) is 0. The zero-order chi connectivity index (χ0) is 23.4. The number of benzene rings is 2. The van der Waals surface area contributed by atoms with Gasteiger partial charge in [-0.25, -0.2) is 9.97 Å². The lowest BCUT2D eigenvalue weighted by Crippen LogP contribution is -2.34. The van der Waals surface area contributed by atoms with Crippen LogP contribution in [0.15, 0.2) is 54.7 Å². The fourth-order valence-corrected chi connectivity index (χ4v) is 4.46. The van der Waals surface area contributed by atoms with E-state index in [1.165, 1.54) is 17.5 Å². The lowest BCUT2D eigenvalue weighted by atomic mass is 9.98. The maximum absolute atomic E-state index is 12.4. The molecule has 3 aromatic rings. The van der Waals surface area contributed by atoms with Crippen LogP contribution in [0.5, 0.6) is 5.75 Å². The second kappa shape index (κ2) is 10.1. The van der Waals surface area contributed by atoms with Crippen molar-refractivity contribution in [2.75, 3.05) is 27.7 Å². The van der Waals surface area contributed by atoms with Crippen LogP contribution in [0.3, 0.4) is 0 Å². The molecule has 6 heteroatoms. The minimum absolute atomic E-state index is 0.0612. The molecule has 1 fully saturated rings. The fraction of sp³-hybridized carbons (Fsp3) is 0.370. The van der Waals surface area contributed by atoms with E-state index in [0.29, 0.717) is 5.56 Å². The summed E-state index contributed by atoms with van der Waals surface area (Å²) < 4.78 is 5.39. The number of nitrogens with zero attached hydrogens (tertiary/aromatic N) is 4. The second-order valence-electron chi connectivity index (χ2n) is 8.84. The Labute approximate surface area is 196 Å². The van der Waals surface area contributed by atoms with Crippen molar-refractivity contribution in [1.82, 2.24) is 19.8 Å². The highest BCUT2D eigenvalue weighted by Crippen LogP contribution is 2.32. The van der Waals surface area contributed by atoms with Gasteiger partial charge in [0, 0.05) is 26.8 Å². The summed E-state index contributed by atoms with van der Waals surface area (Å²) in [6, 6.07) is 17.0. The number of amides is 1. The highest BCUT2D eigenvalue weighted by atomic mass is 16.5. The standard InChI is InChI=1S/C27H32N4O2/c1-19-24(27(32)30(2)3)17-28-26(29-19)25-13-5-6-14-31(25)18-20-9-7-10-21(15-20)22-11-8-12-23(16-22)33-4/h7-12,15-17,25H,5-6,13-14,18H2,1-4H3/t25-/m1/s1. The molecule has 0 aliphatic carbocycles. The average molecular weight is 445 g/mol. The summed E-state index contributed by atoms with van der Waals surface area (Å²) in [4.78, 5) is 25.8. The van der Waals surface area contributed by atoms with Gasteiger partial charge in [-0.15, -0.1) is 0 Å². The van der Waals surface area contributed by atoms with Crippen molar-refractivity contribution in [3.8, 4) is 16.9 Å². The van der Waals surface area contributed by atoms with Crippen molar-refractivity contribution in [1.29, 1.82) is 0 Å². The smallest absolute Gasteiger partial charge is 0.256 e. The number of aromatic nitrogens is 2. The van der Waals surface area contributed by atoms with Gasteiger partial charge in [-0.3, -0.25) is 9.69 Å². The first kappa shape index (κ1) is 22.9. The highest BCUT2D eigenvalue weighted by Gasteiger charge is 2.27. The predicted molar refractivity (Wildman–Crippen MR) is 130 cm³/mol. The molecule has 0 spiro atoms. The molecule has 6 nitrogen and oxygen atoms in total. The molecular formula is C27H32N4O2. The maximum Gasteiger partial charge on any atom is 0.256 e. The summed E-state index contributed by atoms with van der Waals surface area (Å²) in [5, 5.41) is 0. The zero-order valence-electron chi connectivity index (χ0n) is 19.9. The Morgan fingerprint density at radius 2 is 1.88 bits per heavy atom. The molecule has 4 rings (SSSR count). The summed E-state index contributed by atoms with van der Waals surface area (Å²) >= 11 is 0. The van der Waals surface area contributed by atoms with E-state index in [4.69, 9.17) is 9.72 Å². The summed E-state index contributed by atoms with van der Waals surface area (Å²) in [5.74, 6) is 1.61. The van der Waals surface area contributed by atoms with Crippen molar-refractivity contribution < 1.29 is 9.53 Å². The fourth-order valence-electron chi connectivity index (χ4n) is 4.46. The largest absolute Gasteiger partial charge is 0.497 e. The third kappa shape index (κ3) is 5.22. The first-order chi connectivity index (χ1) is 16.0. The van der Waals surface area contributed by atoms with Crippen LogP contribution in [0.25, 0.3) is 11.1 Å². The van der Waals surface area contributed by atoms with E-state index in [0.717, 1.165) is 48.8 Å². The van der Waals surface area contributed by atoms with Gasteiger partial charge < -0.3 is 9.64 Å². The van der Waals surface area contributed by atoms with Gasteiger partial charge >= 0.3 is 0 Å². The summed E-state index contributed by atoms with van der Waals surface area (Å²) in [5.41, 5.74) is 4.89. The number of rotatable bonds is 6. The van der Waals surface area contributed by atoms with E-state index in [1.54, 1.807) is 32.3 Å². The van der Waals surface area contributed by atoms with Crippen LogP contribution in [0, 0.1) is 6.92 Å². The van der Waals surface area contributed by atoms with Gasteiger partial charge in [0.2, 0.25) is 0 Å². The molecule has 0 bridgehead atoms. The molecule has 0 saturated carbocycles. The molecule has 2 aromatic carbocycles. The first-order valence-corrected chi connectivity index (χ1v) is 11.5. The molecule has 0 N–H and O–H groups in total. The Hall–Kier alpha value is -3.25. The molecule has 1 atom stereocenters. The van der Waals surface area contributed by atoms with Gasteiger partial charge in [0.05, 0.1) is 24.4 Å². The van der Waals surface area contributed by atoms with Gasteiger partial charge in [0.15, 0.2) is 0 Å². The second-order valence-corrected chi connectivity index (χ2v) is 8.84. The molecule has 1 aliphatic heterocycles. The van der Waals surface area contributed by atoms with Crippen molar-refractivity contribution in [2.24, 2.45) is 0 Å². The maximum atomic E-state index is 12.4. The molecule has 0 radical (unpaired) electrons. The number of carbonyl (C=O) groups excluding carboxylic acids is 1. The number of hydrogen-bond acceptors (Lipinski definition) is 5. The SMILES string of the molecule is COc1cccc(-c2cccc(CN3CCCC[C@@H]3c3ncc(C(=O)N(C)C)c(C)n3)c2)c1. The van der Waals surface area contributed by atoms with Crippen LogP contribution >= 0.6 is 0 Å². The molecule has 1 aliphatic rings. The summed E-state index contributed by atoms with van der Waals surface area (Å²) in [6.45, 7) is 3.74. The number of likely N-dealkylation sites (tertiary alicyclic amines) is 1. The molecule has 1 saturated heterocycles. The van der Waals surface area contributed by atoms with Crippen LogP contribution in [0.2, 0.25) is 0 Å². The van der Waals surface area contributed by atoms with E-state index in [9.17, 15) is 4.79 Å². The quantitative estimate of drug-likeness (QED) is 0.542. The van der Waals surface area contributed by atoms with Crippen LogP contribution in [-0.2, 0) is 6.54 Å². The Morgan fingerprint density at radius 1 is 1.12 bits per heavy atom. The average Bonchev–Trinajstić information content (AvgIpc) is 2.84. The topological polar surface area (TPSA) is 58.6 Å². The van der Waals surface area contributed by atoms with Crippen LogP contribution < -0.4 is 4.74 Å². The third-order valence-electron chi connectivity index (χ3n) is 6.26. The monoisotopic (exact) mass is 444 g/mol. The number of aryl methyl sites for hydroxylation is 1. The Bertz CT molecular complexity index is 1130. The third-order valence-corrected chi connectivity index (χ3v) is 6.26. The highest BCUT2D eigenvalue weighted by molar-refractivity contribution is 5.94. The van der Waals surface area contributed by atoms with Crippen molar-refractivity contribution in [2.45, 2.75) is 38.8 Å². The van der Waals surface area contributed by atoms with E-state index in [1.807, 2.05) is 19.1 Å². The van der Waals surface area contributed by atoms with E-state index in [-0.39, 0.29) is 11.9 Å². The Kier molecular flexibility index (Phi) is 7.04. The molecule has 1 aromatic heterocycles. The number of piperidine rings is 1. The van der Waals surface area contributed by atoms with Crippen molar-refractivity contribution >= 4 is 5.91 Å². The Balaban J connectivity index is 1.56. The molecule has 33 heavy (non-hydrogen) atoms. The van der Waals surface area contributed by atoms with Gasteiger partial charge in [-0.2, -0.15) is 0 Å². The number of methoxy groups -OCH3 is 1. The zero-order valence-corrected chi connectivity index (χ0v) is 19.9. The Morgan fingerprint density at radius 3 is 2.61 bits per heavy atom. The van der Waals surface area contributed by atoms with Gasteiger partial charge in [-0.05, 0) is 61.2 Å². The number of carbonyl (C=O) groups is 1. The van der Waals surface area contributed by atoms with Gasteiger partial charge in [0.1, 0.15) is 11.6 Å². The van der Waals surface area contributed by atoms with Crippen LogP contribution in [0.1, 0.15) is 52.7 Å². The van der Waals surface area contributed by atoms with Crippen LogP contribution in [-0.4, -0.2) is 53.4 Å². The molecule has 1 amide bonds. The van der Waals surface area contributed by atoms with Crippen molar-refractivity contribution in [3.63, 3.8) is 0 Å². The number of ether oxygens (including phenoxy) is 1. The predicted octanol–water partition coefficient (Wildman–Crippen LogP) is 4.89. The van der Waals surface area contributed by atoms with Gasteiger partial charge in [-0.1, -0.05) is 36.8 Å². The van der Waals surface area contributed by atoms with Crippen LogP contribution in [0.4, 0.5) is 0 Å². The first-order valence-electron chi connectivity index (χ1n) is 11.5. The summed E-state index contributed by atoms with van der Waals surface area (Å²) in [6.07, 6.45) is 5.04. The molecule has 172 valence electrons. The van der Waals surface area contributed by atoms with E-state index >= 15 is 0 Å². The lowest BCUT2D eigenvalue weighted by molar-refractivity contribution is 0.0825. The minimum atomic E-state index is -0.0612. The summed E-state index contributed by atoms with van der Waals surface area (Å²) in [7, 11) is 5.19. The molecule has 0 unspecified atom stereocenters. The molecular weight excluding hydrogens is 412 g/mol. The minimum Gasteiger partial charge on any atom is -0.497 e. The van der Waals surface area contributed by atoms with Crippen molar-refractivity contribution in [3.05, 3.63) is 77.4 Å². The van der Waals surface area contributed by atoms with Gasteiger partial charge in [0.25, 0.3) is 5.91 Å². The van der Waals surface area contributed by atoms with E-state index in [2.05, 4.69) is 46.3 Å². The normalized spacial score (nSPS) is 16.4. The van der Waals surface area contributed by atoms with E-state index < -0.39 is 0 Å². The molecule has 2 heterocycles. The lowest BCUT2D eigenvalue weighted by Gasteiger charge is -2.35.